The number of halogens is 5. The van der Waals surface area contributed by atoms with Crippen LogP contribution < -0.4 is 20.5 Å². The lowest BCUT2D eigenvalue weighted by molar-refractivity contribution is -0.142. The SMILES string of the molecule is CCc1c(F)ccc2cc(O)cc(-n3c(C(F)(F)F)cc4c(N5C[C@H]6CC[C@@H](C5)N6)nc(OC[C@@]56CCCN5C[C@H](F)C6)nc4c3=O)c12. The molecule has 0 saturated carbocycles. The topological polar surface area (TPSA) is 95.8 Å². The van der Waals surface area contributed by atoms with Gasteiger partial charge in [-0.05, 0) is 67.8 Å². The number of nitrogens with one attached hydrogen (secondary N) is 1. The molecule has 0 aliphatic carbocycles. The quantitative estimate of drug-likeness (QED) is 0.269. The summed E-state index contributed by atoms with van der Waals surface area (Å²) in [4.78, 5) is 27.5. The fourth-order valence-electron chi connectivity index (χ4n) is 8.52. The molecule has 14 heteroatoms. The third-order valence-corrected chi connectivity index (χ3v) is 10.6. The predicted molar refractivity (Wildman–Crippen MR) is 169 cm³/mol. The van der Waals surface area contributed by atoms with Crippen LogP contribution >= 0.6 is 0 Å². The minimum Gasteiger partial charge on any atom is -0.508 e. The molecule has 4 saturated heterocycles. The van der Waals surface area contributed by atoms with E-state index in [4.69, 9.17) is 4.74 Å². The van der Waals surface area contributed by atoms with Crippen molar-refractivity contribution in [2.24, 2.45) is 0 Å². The average molecular weight is 671 g/mol. The number of fused-ring (bicyclic) bond motifs is 5. The van der Waals surface area contributed by atoms with Crippen LogP contribution in [-0.4, -0.2) is 81.1 Å². The maximum absolute atomic E-state index is 15.1. The number of anilines is 1. The van der Waals surface area contributed by atoms with Gasteiger partial charge in [-0.15, -0.1) is 0 Å². The molecule has 2 bridgehead atoms. The van der Waals surface area contributed by atoms with Gasteiger partial charge in [0.15, 0.2) is 0 Å². The lowest BCUT2D eigenvalue weighted by Crippen LogP contribution is -2.51. The molecule has 0 spiro atoms. The van der Waals surface area contributed by atoms with Crippen molar-refractivity contribution < 1.29 is 31.8 Å². The van der Waals surface area contributed by atoms with Crippen molar-refractivity contribution >= 4 is 27.5 Å². The predicted octanol–water partition coefficient (Wildman–Crippen LogP) is 5.26. The molecule has 254 valence electrons. The number of pyridine rings is 1. The van der Waals surface area contributed by atoms with Crippen LogP contribution in [-0.2, 0) is 12.6 Å². The van der Waals surface area contributed by atoms with E-state index in [1.165, 1.54) is 18.2 Å². The third-order valence-electron chi connectivity index (χ3n) is 10.6. The van der Waals surface area contributed by atoms with Crippen molar-refractivity contribution in [3.63, 3.8) is 0 Å². The normalized spacial score (nSPS) is 25.8. The molecule has 2 aromatic carbocycles. The number of ether oxygens (including phenoxy) is 1. The molecule has 48 heavy (non-hydrogen) atoms. The number of alkyl halides is 4. The third kappa shape index (κ3) is 5.06. The van der Waals surface area contributed by atoms with E-state index in [-0.39, 0.29) is 76.3 Å². The fourth-order valence-corrected chi connectivity index (χ4v) is 8.52. The average Bonchev–Trinajstić information content (AvgIpc) is 3.69. The molecule has 2 aromatic heterocycles. The molecule has 4 atom stereocenters. The highest BCUT2D eigenvalue weighted by atomic mass is 19.4. The zero-order valence-corrected chi connectivity index (χ0v) is 26.3. The number of piperazine rings is 1. The summed E-state index contributed by atoms with van der Waals surface area (Å²) < 4.78 is 81.3. The molecule has 0 unspecified atom stereocenters. The molecule has 9 nitrogen and oxygen atoms in total. The van der Waals surface area contributed by atoms with Crippen molar-refractivity contribution in [3.05, 3.63) is 57.8 Å². The number of phenols is 1. The largest absolute Gasteiger partial charge is 0.508 e. The Morgan fingerprint density at radius 1 is 1.10 bits per heavy atom. The van der Waals surface area contributed by atoms with E-state index < -0.39 is 40.7 Å². The Morgan fingerprint density at radius 2 is 1.88 bits per heavy atom. The van der Waals surface area contributed by atoms with Crippen LogP contribution in [0, 0.1) is 5.82 Å². The van der Waals surface area contributed by atoms with E-state index >= 15 is 17.6 Å². The number of phenolic OH excluding ortho intramolecular Hbond substituents is 1. The smallest absolute Gasteiger partial charge is 0.431 e. The molecule has 6 heterocycles. The number of aromatic hydroxyl groups is 1. The van der Waals surface area contributed by atoms with E-state index in [9.17, 15) is 14.3 Å². The van der Waals surface area contributed by atoms with Crippen molar-refractivity contribution in [1.29, 1.82) is 0 Å². The van der Waals surface area contributed by atoms with Gasteiger partial charge in [-0.2, -0.15) is 23.1 Å². The van der Waals surface area contributed by atoms with Gasteiger partial charge in [-0.25, -0.2) is 8.78 Å². The monoisotopic (exact) mass is 670 g/mol. The van der Waals surface area contributed by atoms with Gasteiger partial charge in [-0.1, -0.05) is 13.0 Å². The first-order valence-corrected chi connectivity index (χ1v) is 16.5. The summed E-state index contributed by atoms with van der Waals surface area (Å²) in [5.41, 5.74) is -3.49. The minimum absolute atomic E-state index is 0.0658. The summed E-state index contributed by atoms with van der Waals surface area (Å²) >= 11 is 0. The van der Waals surface area contributed by atoms with Crippen molar-refractivity contribution in [3.8, 4) is 17.4 Å². The zero-order valence-electron chi connectivity index (χ0n) is 26.3. The number of benzene rings is 2. The molecule has 4 aromatic rings. The highest BCUT2D eigenvalue weighted by molar-refractivity contribution is 5.96. The fraction of sp³-hybridized carbons (Fsp3) is 0.500. The highest BCUT2D eigenvalue weighted by Crippen LogP contribution is 2.42. The molecule has 2 N–H and O–H groups in total. The van der Waals surface area contributed by atoms with Gasteiger partial charge in [0.05, 0.1) is 16.6 Å². The standard InChI is InChI=1S/C34H35F5N6O3/c1-2-23-25(36)7-4-18-10-22(46)11-26(28(18)23)45-27(34(37,38)39)12-24-29(31(45)47)41-32(42-30(24)43-15-20-5-6-21(16-43)40-20)48-17-33-8-3-9-44(33)14-19(35)13-33/h4,7,10-12,19-21,40,46H,2-3,5-6,8-9,13-17H2,1H3/t19-,20-,21+,33+/m1/s1. The van der Waals surface area contributed by atoms with Gasteiger partial charge >= 0.3 is 12.2 Å². The first kappa shape index (κ1) is 31.2. The number of rotatable bonds is 6. The van der Waals surface area contributed by atoms with Crippen LogP contribution in [0.4, 0.5) is 27.8 Å². The molecule has 4 aliphatic rings. The Bertz CT molecular complexity index is 1990. The van der Waals surface area contributed by atoms with E-state index in [1.54, 1.807) is 6.92 Å². The van der Waals surface area contributed by atoms with E-state index in [1.807, 2.05) is 4.90 Å². The second-order valence-electron chi connectivity index (χ2n) is 13.6. The minimum atomic E-state index is -5.03. The molecule has 4 fully saturated rings. The molecule has 0 amide bonds. The van der Waals surface area contributed by atoms with Gasteiger partial charge in [0.25, 0.3) is 5.56 Å². The first-order chi connectivity index (χ1) is 22.9. The molecular weight excluding hydrogens is 635 g/mol. The van der Waals surface area contributed by atoms with Gasteiger partial charge in [0.2, 0.25) is 0 Å². The number of hydrogen-bond acceptors (Lipinski definition) is 8. The summed E-state index contributed by atoms with van der Waals surface area (Å²) in [6, 6.07) is 5.78. The second-order valence-corrected chi connectivity index (χ2v) is 13.6. The first-order valence-electron chi connectivity index (χ1n) is 16.5. The summed E-state index contributed by atoms with van der Waals surface area (Å²) in [6.07, 6.45) is -2.22. The number of nitrogens with zero attached hydrogens (tertiary/aromatic N) is 5. The number of aromatic nitrogens is 3. The second kappa shape index (κ2) is 11.3. The van der Waals surface area contributed by atoms with Crippen LogP contribution in [0.15, 0.2) is 35.1 Å². The Kier molecular flexibility index (Phi) is 7.33. The lowest BCUT2D eigenvalue weighted by Gasteiger charge is -2.35. The lowest BCUT2D eigenvalue weighted by atomic mass is 9.95. The van der Waals surface area contributed by atoms with Gasteiger partial charge in [0, 0.05) is 49.6 Å². The Labute approximate surface area is 272 Å². The Balaban J connectivity index is 1.36. The van der Waals surface area contributed by atoms with Crippen LogP contribution in [0.5, 0.6) is 11.8 Å². The summed E-state index contributed by atoms with van der Waals surface area (Å²) in [5, 5.41) is 14.4. The van der Waals surface area contributed by atoms with Crippen LogP contribution in [0.1, 0.15) is 50.3 Å². The highest BCUT2D eigenvalue weighted by Gasteiger charge is 2.49. The van der Waals surface area contributed by atoms with E-state index in [2.05, 4.69) is 20.2 Å². The Morgan fingerprint density at radius 3 is 2.60 bits per heavy atom. The van der Waals surface area contributed by atoms with Crippen LogP contribution in [0.25, 0.3) is 27.4 Å². The Hall–Kier alpha value is -4.04. The van der Waals surface area contributed by atoms with Gasteiger partial charge in [-0.3, -0.25) is 14.3 Å². The maximum atomic E-state index is 15.1. The molecular formula is C34H35F5N6O3. The van der Waals surface area contributed by atoms with Crippen molar-refractivity contribution in [1.82, 2.24) is 24.8 Å². The molecule has 0 radical (unpaired) electrons. The van der Waals surface area contributed by atoms with E-state index in [0.29, 0.717) is 24.2 Å². The molecule has 8 rings (SSSR count). The van der Waals surface area contributed by atoms with Crippen molar-refractivity contribution in [2.75, 3.05) is 37.7 Å². The van der Waals surface area contributed by atoms with Gasteiger partial charge < -0.3 is 20.1 Å². The summed E-state index contributed by atoms with van der Waals surface area (Å²) in [6.45, 7) is 3.69. The summed E-state index contributed by atoms with van der Waals surface area (Å²) in [5.74, 6) is -0.881. The van der Waals surface area contributed by atoms with Crippen LogP contribution in [0.2, 0.25) is 0 Å². The van der Waals surface area contributed by atoms with Crippen molar-refractivity contribution in [2.45, 2.75) is 75.4 Å². The van der Waals surface area contributed by atoms with Crippen LogP contribution in [0.3, 0.4) is 0 Å². The summed E-state index contributed by atoms with van der Waals surface area (Å²) in [7, 11) is 0. The number of aryl methyl sites for hydroxylation is 1. The maximum Gasteiger partial charge on any atom is 0.431 e. The number of hydrogen-bond donors (Lipinski definition) is 2. The van der Waals surface area contributed by atoms with Gasteiger partial charge in [0.1, 0.15) is 41.4 Å². The van der Waals surface area contributed by atoms with E-state index in [0.717, 1.165) is 44.4 Å². The molecule has 4 aliphatic heterocycles. The zero-order chi connectivity index (χ0) is 33.5.